The molecule has 1 N–H and O–H groups in total. The van der Waals surface area contributed by atoms with Gasteiger partial charge in [-0.05, 0) is 42.9 Å². The van der Waals surface area contributed by atoms with Gasteiger partial charge in [-0.3, -0.25) is 9.69 Å². The first-order valence-electron chi connectivity index (χ1n) is 9.89. The van der Waals surface area contributed by atoms with Gasteiger partial charge in [0.2, 0.25) is 0 Å². The summed E-state index contributed by atoms with van der Waals surface area (Å²) in [5.74, 6) is -2.62. The number of benzene rings is 1. The third-order valence-electron chi connectivity index (χ3n) is 5.68. The van der Waals surface area contributed by atoms with Crippen LogP contribution in [0.3, 0.4) is 0 Å². The number of hydrogen-bond acceptors (Lipinski definition) is 3. The number of rotatable bonds is 5. The SMILES string of the molecule is CC(C)c1ccc(CN2CCC[C@](O)(CN3CCCC(F)(F)C3)C2=O)cc1. The van der Waals surface area contributed by atoms with Crippen LogP contribution >= 0.6 is 0 Å². The summed E-state index contributed by atoms with van der Waals surface area (Å²) in [4.78, 5) is 16.1. The number of carbonyl (C=O) groups excluding carboxylic acids is 1. The topological polar surface area (TPSA) is 43.8 Å². The van der Waals surface area contributed by atoms with E-state index in [9.17, 15) is 18.7 Å². The molecule has 0 aliphatic carbocycles. The summed E-state index contributed by atoms with van der Waals surface area (Å²) >= 11 is 0. The highest BCUT2D eigenvalue weighted by Gasteiger charge is 2.45. The summed E-state index contributed by atoms with van der Waals surface area (Å²) < 4.78 is 27.3. The van der Waals surface area contributed by atoms with Gasteiger partial charge in [0.15, 0.2) is 5.60 Å². The average Bonchev–Trinajstić information content (AvgIpc) is 2.59. The van der Waals surface area contributed by atoms with Crippen molar-refractivity contribution in [2.75, 3.05) is 26.2 Å². The van der Waals surface area contributed by atoms with Gasteiger partial charge in [0, 0.05) is 26.1 Å². The first kappa shape index (κ1) is 20.2. The van der Waals surface area contributed by atoms with E-state index >= 15 is 0 Å². The fourth-order valence-electron chi connectivity index (χ4n) is 4.14. The van der Waals surface area contributed by atoms with Gasteiger partial charge in [-0.1, -0.05) is 38.1 Å². The fraction of sp³-hybridized carbons (Fsp3) is 0.667. The van der Waals surface area contributed by atoms with E-state index in [2.05, 4.69) is 26.0 Å². The van der Waals surface area contributed by atoms with Gasteiger partial charge in [0.05, 0.1) is 6.54 Å². The number of amides is 1. The van der Waals surface area contributed by atoms with Crippen LogP contribution in [0, 0.1) is 0 Å². The molecule has 2 fully saturated rings. The van der Waals surface area contributed by atoms with Crippen LogP contribution < -0.4 is 0 Å². The maximum absolute atomic E-state index is 13.7. The molecule has 0 aromatic heterocycles. The van der Waals surface area contributed by atoms with Crippen LogP contribution in [0.4, 0.5) is 8.78 Å². The Morgan fingerprint density at radius 1 is 1.11 bits per heavy atom. The summed E-state index contributed by atoms with van der Waals surface area (Å²) in [5, 5.41) is 10.9. The molecule has 1 aromatic rings. The predicted octanol–water partition coefficient (Wildman–Crippen LogP) is 3.39. The maximum Gasteiger partial charge on any atom is 0.260 e. The zero-order valence-corrected chi connectivity index (χ0v) is 16.3. The van der Waals surface area contributed by atoms with E-state index in [0.29, 0.717) is 44.8 Å². The quantitative estimate of drug-likeness (QED) is 0.852. The number of nitrogens with zero attached hydrogens (tertiary/aromatic N) is 2. The average molecular weight is 380 g/mol. The summed E-state index contributed by atoms with van der Waals surface area (Å²) in [7, 11) is 0. The summed E-state index contributed by atoms with van der Waals surface area (Å²) in [6.45, 7) is 5.41. The molecule has 2 heterocycles. The van der Waals surface area contributed by atoms with Crippen LogP contribution in [0.5, 0.6) is 0 Å². The molecule has 2 aliphatic heterocycles. The standard InChI is InChI=1S/C21H30F2N2O2/c1-16(2)18-7-5-17(6-8-18)13-25-12-3-9-20(27,19(25)26)14-24-11-4-10-21(22,23)15-24/h5-8,16,27H,3-4,9-15H2,1-2H3/t20-/m0/s1. The monoisotopic (exact) mass is 380 g/mol. The van der Waals surface area contributed by atoms with Crippen molar-refractivity contribution in [3.05, 3.63) is 35.4 Å². The lowest BCUT2D eigenvalue weighted by Gasteiger charge is -2.42. The summed E-state index contributed by atoms with van der Waals surface area (Å²) in [6.07, 6.45) is 1.28. The Bertz CT molecular complexity index is 663. The van der Waals surface area contributed by atoms with Crippen LogP contribution in [-0.2, 0) is 11.3 Å². The normalized spacial score (nSPS) is 26.6. The number of hydrogen-bond donors (Lipinski definition) is 1. The molecule has 1 aromatic carbocycles. The van der Waals surface area contributed by atoms with Gasteiger partial charge in [-0.15, -0.1) is 0 Å². The zero-order chi connectivity index (χ0) is 19.7. The minimum atomic E-state index is -2.73. The molecular formula is C21H30F2N2O2. The molecule has 3 rings (SSSR count). The minimum Gasteiger partial charge on any atom is -0.379 e. The van der Waals surface area contributed by atoms with Crippen LogP contribution in [0.2, 0.25) is 0 Å². The molecule has 0 spiro atoms. The number of β-amino-alcohol motifs (C(OH)–C–C–N with tert-alkyl or cyclic N) is 1. The lowest BCUT2D eigenvalue weighted by molar-refractivity contribution is -0.163. The van der Waals surface area contributed by atoms with Crippen molar-refractivity contribution in [3.63, 3.8) is 0 Å². The van der Waals surface area contributed by atoms with E-state index < -0.39 is 11.5 Å². The molecule has 0 bridgehead atoms. The van der Waals surface area contributed by atoms with Gasteiger partial charge < -0.3 is 10.0 Å². The number of likely N-dealkylation sites (tertiary alicyclic amines) is 2. The first-order valence-corrected chi connectivity index (χ1v) is 9.89. The first-order chi connectivity index (χ1) is 12.7. The highest BCUT2D eigenvalue weighted by molar-refractivity contribution is 5.86. The van der Waals surface area contributed by atoms with Gasteiger partial charge >= 0.3 is 0 Å². The third kappa shape index (κ3) is 4.85. The molecular weight excluding hydrogens is 350 g/mol. The summed E-state index contributed by atoms with van der Waals surface area (Å²) in [5.41, 5.74) is 0.691. The molecule has 0 radical (unpaired) electrons. The third-order valence-corrected chi connectivity index (χ3v) is 5.68. The van der Waals surface area contributed by atoms with Crippen molar-refractivity contribution < 1.29 is 18.7 Å². The van der Waals surface area contributed by atoms with Crippen LogP contribution in [0.25, 0.3) is 0 Å². The smallest absolute Gasteiger partial charge is 0.260 e. The fourth-order valence-corrected chi connectivity index (χ4v) is 4.14. The number of halogens is 2. The van der Waals surface area contributed by atoms with Crippen molar-refractivity contribution in [1.82, 2.24) is 9.80 Å². The summed E-state index contributed by atoms with van der Waals surface area (Å²) in [6, 6.07) is 8.16. The Hall–Kier alpha value is -1.53. The van der Waals surface area contributed by atoms with E-state index in [1.165, 1.54) is 5.56 Å². The van der Waals surface area contributed by atoms with Crippen LogP contribution in [0.15, 0.2) is 24.3 Å². The van der Waals surface area contributed by atoms with E-state index in [-0.39, 0.29) is 25.4 Å². The van der Waals surface area contributed by atoms with Crippen molar-refractivity contribution in [2.24, 2.45) is 0 Å². The zero-order valence-electron chi connectivity index (χ0n) is 16.3. The van der Waals surface area contributed by atoms with Crippen molar-refractivity contribution in [1.29, 1.82) is 0 Å². The van der Waals surface area contributed by atoms with Crippen molar-refractivity contribution >= 4 is 5.91 Å². The molecule has 2 saturated heterocycles. The van der Waals surface area contributed by atoms with E-state index in [4.69, 9.17) is 0 Å². The largest absolute Gasteiger partial charge is 0.379 e. The molecule has 27 heavy (non-hydrogen) atoms. The molecule has 1 atom stereocenters. The Balaban J connectivity index is 1.65. The number of alkyl halides is 2. The molecule has 150 valence electrons. The Morgan fingerprint density at radius 3 is 2.41 bits per heavy atom. The molecule has 0 saturated carbocycles. The molecule has 0 unspecified atom stereocenters. The molecule has 4 nitrogen and oxygen atoms in total. The maximum atomic E-state index is 13.7. The van der Waals surface area contributed by atoms with Gasteiger partial charge in [-0.2, -0.15) is 0 Å². The number of carbonyl (C=O) groups is 1. The molecule has 1 amide bonds. The predicted molar refractivity (Wildman–Crippen MR) is 101 cm³/mol. The van der Waals surface area contributed by atoms with Gasteiger partial charge in [-0.25, -0.2) is 8.78 Å². The molecule has 6 heteroatoms. The van der Waals surface area contributed by atoms with Crippen molar-refractivity contribution in [3.8, 4) is 0 Å². The highest BCUT2D eigenvalue weighted by atomic mass is 19.3. The van der Waals surface area contributed by atoms with E-state index in [1.54, 1.807) is 9.80 Å². The second-order valence-electron chi connectivity index (χ2n) is 8.43. The lowest BCUT2D eigenvalue weighted by atomic mass is 9.90. The van der Waals surface area contributed by atoms with Crippen LogP contribution in [0.1, 0.15) is 56.6 Å². The van der Waals surface area contributed by atoms with E-state index in [0.717, 1.165) is 5.56 Å². The second kappa shape index (κ2) is 7.84. The van der Waals surface area contributed by atoms with Crippen molar-refractivity contribution in [2.45, 2.75) is 63.5 Å². The Kier molecular flexibility index (Phi) is 5.87. The highest BCUT2D eigenvalue weighted by Crippen LogP contribution is 2.30. The van der Waals surface area contributed by atoms with Crippen LogP contribution in [-0.4, -0.2) is 58.5 Å². The van der Waals surface area contributed by atoms with E-state index in [1.807, 2.05) is 12.1 Å². The Labute approximate surface area is 160 Å². The minimum absolute atomic E-state index is 0.00971. The number of aliphatic hydroxyl groups is 1. The van der Waals surface area contributed by atoms with Gasteiger partial charge in [0.25, 0.3) is 11.8 Å². The molecule has 2 aliphatic rings. The van der Waals surface area contributed by atoms with Gasteiger partial charge in [0.1, 0.15) is 0 Å². The number of piperidine rings is 2. The second-order valence-corrected chi connectivity index (χ2v) is 8.43. The lowest BCUT2D eigenvalue weighted by Crippen LogP contribution is -2.60. The Morgan fingerprint density at radius 2 is 1.78 bits per heavy atom.